The van der Waals surface area contributed by atoms with Gasteiger partial charge in [0, 0.05) is 31.4 Å². The minimum absolute atomic E-state index is 0.155. The Bertz CT molecular complexity index is 962. The van der Waals surface area contributed by atoms with Crippen LogP contribution < -0.4 is 0 Å². The van der Waals surface area contributed by atoms with Crippen LogP contribution in [0.3, 0.4) is 0 Å². The second-order valence-corrected chi connectivity index (χ2v) is 6.41. The zero-order valence-corrected chi connectivity index (χ0v) is 15.5. The zero-order chi connectivity index (χ0) is 19.6. The van der Waals surface area contributed by atoms with E-state index in [-0.39, 0.29) is 18.1 Å². The lowest BCUT2D eigenvalue weighted by Gasteiger charge is -2.18. The summed E-state index contributed by atoms with van der Waals surface area (Å²) < 4.78 is 6.59. The zero-order valence-electron chi connectivity index (χ0n) is 15.5. The Morgan fingerprint density at radius 3 is 2.63 bits per heavy atom. The Morgan fingerprint density at radius 1 is 1.33 bits per heavy atom. The molecule has 0 fully saturated rings. The summed E-state index contributed by atoms with van der Waals surface area (Å²) in [5.41, 5.74) is 2.94. The molecule has 0 saturated carbocycles. The van der Waals surface area contributed by atoms with Gasteiger partial charge in [-0.1, -0.05) is 0 Å². The Balaban J connectivity index is 2.17. The van der Waals surface area contributed by atoms with Gasteiger partial charge in [0.25, 0.3) is 0 Å². The van der Waals surface area contributed by atoms with Gasteiger partial charge in [-0.3, -0.25) is 4.79 Å². The molecule has 0 atom stereocenters. The van der Waals surface area contributed by atoms with Crippen molar-refractivity contribution < 1.29 is 14.3 Å². The number of hydrogen-bond donors (Lipinski definition) is 0. The number of Topliss-reactive ketones (excluding diaryl/α,β-unsaturated/α-hetero) is 1. The summed E-state index contributed by atoms with van der Waals surface area (Å²) in [6.45, 7) is 1.96. The number of aromatic nitrogens is 2. The number of ether oxygens (including phenoxy) is 1. The number of hydrogen-bond acceptors (Lipinski definition) is 6. The van der Waals surface area contributed by atoms with Crippen LogP contribution in [-0.2, 0) is 11.2 Å². The van der Waals surface area contributed by atoms with E-state index in [1.54, 1.807) is 37.4 Å². The monoisotopic (exact) mass is 364 g/mol. The molecule has 0 amide bonds. The summed E-state index contributed by atoms with van der Waals surface area (Å²) in [6, 6.07) is 8.77. The van der Waals surface area contributed by atoms with Crippen molar-refractivity contribution in [1.29, 1.82) is 5.26 Å². The Kier molecular flexibility index (Phi) is 5.08. The third-order valence-electron chi connectivity index (χ3n) is 4.26. The third kappa shape index (κ3) is 3.47. The average Bonchev–Trinajstić information content (AvgIpc) is 3.04. The van der Waals surface area contributed by atoms with Crippen LogP contribution in [-0.4, -0.2) is 47.1 Å². The molecule has 2 aromatic rings. The van der Waals surface area contributed by atoms with E-state index in [4.69, 9.17) is 10.00 Å². The highest BCUT2D eigenvalue weighted by Crippen LogP contribution is 2.30. The first-order valence-electron chi connectivity index (χ1n) is 8.67. The van der Waals surface area contributed by atoms with Crippen LogP contribution in [0.5, 0.6) is 0 Å². The van der Waals surface area contributed by atoms with E-state index in [9.17, 15) is 9.59 Å². The first-order valence-corrected chi connectivity index (χ1v) is 8.67. The number of ketones is 1. The van der Waals surface area contributed by atoms with Crippen molar-refractivity contribution in [3.8, 4) is 11.8 Å². The van der Waals surface area contributed by atoms with Crippen LogP contribution >= 0.6 is 0 Å². The van der Waals surface area contributed by atoms with E-state index in [0.29, 0.717) is 40.9 Å². The SMILES string of the molecule is CCOC(=O)c1nn(-c2ccc(C#N)cc2)c2c1CCC(=CN(C)C)C2=O. The second-order valence-electron chi connectivity index (χ2n) is 6.41. The number of nitrogens with zero attached hydrogens (tertiary/aromatic N) is 4. The van der Waals surface area contributed by atoms with E-state index >= 15 is 0 Å². The summed E-state index contributed by atoms with van der Waals surface area (Å²) >= 11 is 0. The van der Waals surface area contributed by atoms with Gasteiger partial charge in [-0.2, -0.15) is 10.4 Å². The molecule has 1 aliphatic rings. The van der Waals surface area contributed by atoms with E-state index in [2.05, 4.69) is 11.2 Å². The van der Waals surface area contributed by atoms with Crippen LogP contribution in [0.15, 0.2) is 36.0 Å². The number of carbonyl (C=O) groups excluding carboxylic acids is 2. The molecule has 0 N–H and O–H groups in total. The van der Waals surface area contributed by atoms with Gasteiger partial charge in [0.05, 0.1) is 23.9 Å². The predicted molar refractivity (Wildman–Crippen MR) is 98.7 cm³/mol. The van der Waals surface area contributed by atoms with Gasteiger partial charge in [-0.25, -0.2) is 9.48 Å². The molecule has 7 nitrogen and oxygen atoms in total. The van der Waals surface area contributed by atoms with Gasteiger partial charge in [0.15, 0.2) is 5.69 Å². The first kappa shape index (κ1) is 18.4. The molecule has 1 aromatic heterocycles. The molecule has 0 radical (unpaired) electrons. The molecule has 0 aliphatic heterocycles. The van der Waals surface area contributed by atoms with E-state index < -0.39 is 5.97 Å². The summed E-state index contributed by atoms with van der Waals surface area (Å²) in [4.78, 5) is 27.3. The predicted octanol–water partition coefficient (Wildman–Crippen LogP) is 2.50. The fourth-order valence-electron chi connectivity index (χ4n) is 3.11. The normalized spacial score (nSPS) is 14.6. The van der Waals surface area contributed by atoms with Crippen molar-refractivity contribution in [2.75, 3.05) is 20.7 Å². The summed E-state index contributed by atoms with van der Waals surface area (Å²) in [7, 11) is 3.72. The number of nitriles is 1. The maximum absolute atomic E-state index is 13.1. The van der Waals surface area contributed by atoms with Crippen LogP contribution in [0.25, 0.3) is 5.69 Å². The molecule has 27 heavy (non-hydrogen) atoms. The third-order valence-corrected chi connectivity index (χ3v) is 4.26. The van der Waals surface area contributed by atoms with Crippen LogP contribution in [0, 0.1) is 11.3 Å². The molecule has 1 aliphatic carbocycles. The fraction of sp³-hybridized carbons (Fsp3) is 0.300. The van der Waals surface area contributed by atoms with Gasteiger partial charge in [-0.15, -0.1) is 0 Å². The molecule has 3 rings (SSSR count). The molecule has 1 aromatic carbocycles. The number of esters is 1. The van der Waals surface area contributed by atoms with E-state index in [1.807, 2.05) is 19.0 Å². The molecule has 0 unspecified atom stereocenters. The van der Waals surface area contributed by atoms with Gasteiger partial charge < -0.3 is 9.64 Å². The maximum Gasteiger partial charge on any atom is 0.359 e. The molecule has 0 saturated heterocycles. The molecule has 0 spiro atoms. The van der Waals surface area contributed by atoms with Crippen molar-refractivity contribution in [2.24, 2.45) is 0 Å². The maximum atomic E-state index is 13.1. The lowest BCUT2D eigenvalue weighted by atomic mass is 9.90. The minimum Gasteiger partial charge on any atom is -0.461 e. The number of rotatable bonds is 4. The Hall–Kier alpha value is -3.40. The second kappa shape index (κ2) is 7.46. The van der Waals surface area contributed by atoms with Gasteiger partial charge in [-0.05, 0) is 44.0 Å². The number of carbonyl (C=O) groups is 2. The highest BCUT2D eigenvalue weighted by molar-refractivity contribution is 6.11. The lowest BCUT2D eigenvalue weighted by Crippen LogP contribution is -2.20. The van der Waals surface area contributed by atoms with Crippen molar-refractivity contribution in [1.82, 2.24) is 14.7 Å². The van der Waals surface area contributed by atoms with Crippen LogP contribution in [0.2, 0.25) is 0 Å². The lowest BCUT2D eigenvalue weighted by molar-refractivity contribution is 0.0517. The first-order chi connectivity index (χ1) is 13.0. The van der Waals surface area contributed by atoms with Crippen molar-refractivity contribution in [3.63, 3.8) is 0 Å². The number of fused-ring (bicyclic) bond motifs is 1. The summed E-state index contributed by atoms with van der Waals surface area (Å²) in [6.07, 6.45) is 2.87. The molecule has 7 heteroatoms. The van der Waals surface area contributed by atoms with Crippen molar-refractivity contribution >= 4 is 11.8 Å². The van der Waals surface area contributed by atoms with Crippen molar-refractivity contribution in [2.45, 2.75) is 19.8 Å². The van der Waals surface area contributed by atoms with Gasteiger partial charge in [0.1, 0.15) is 5.69 Å². The molecule has 138 valence electrons. The Morgan fingerprint density at radius 2 is 2.04 bits per heavy atom. The van der Waals surface area contributed by atoms with Crippen molar-refractivity contribution in [3.05, 3.63) is 58.6 Å². The molecular weight excluding hydrogens is 344 g/mol. The molecule has 0 bridgehead atoms. The smallest absolute Gasteiger partial charge is 0.359 e. The molecular formula is C20H20N4O3. The summed E-state index contributed by atoms with van der Waals surface area (Å²) in [5.74, 6) is -0.689. The Labute approximate surface area is 157 Å². The van der Waals surface area contributed by atoms with Gasteiger partial charge >= 0.3 is 5.97 Å². The average molecular weight is 364 g/mol. The number of benzene rings is 1. The van der Waals surface area contributed by atoms with Crippen LogP contribution in [0.4, 0.5) is 0 Å². The minimum atomic E-state index is -0.533. The summed E-state index contributed by atoms with van der Waals surface area (Å²) in [5, 5.41) is 13.4. The van der Waals surface area contributed by atoms with E-state index in [1.165, 1.54) is 4.68 Å². The van der Waals surface area contributed by atoms with Crippen LogP contribution in [0.1, 0.15) is 45.4 Å². The highest BCUT2D eigenvalue weighted by Gasteiger charge is 2.33. The number of allylic oxidation sites excluding steroid dienone is 1. The highest BCUT2D eigenvalue weighted by atomic mass is 16.5. The largest absolute Gasteiger partial charge is 0.461 e. The fourth-order valence-corrected chi connectivity index (χ4v) is 3.11. The topological polar surface area (TPSA) is 88.2 Å². The molecule has 1 heterocycles. The quantitative estimate of drug-likeness (QED) is 0.612. The van der Waals surface area contributed by atoms with Gasteiger partial charge in [0.2, 0.25) is 5.78 Å². The standard InChI is InChI=1S/C20H20N4O3/c1-4-27-20(26)17-16-10-7-14(12-23(2)3)19(25)18(16)24(22-17)15-8-5-13(11-21)6-9-15/h5-6,8-9,12H,4,7,10H2,1-3H3. The van der Waals surface area contributed by atoms with E-state index in [0.717, 1.165) is 0 Å².